The first kappa shape index (κ1) is 16.2. The van der Waals surface area contributed by atoms with Crippen LogP contribution in [0.1, 0.15) is 24.1 Å². The second-order valence-electron chi connectivity index (χ2n) is 6.24. The van der Waals surface area contributed by atoms with Gasteiger partial charge in [0, 0.05) is 32.4 Å². The molecule has 0 radical (unpaired) electrons. The number of rotatable bonds is 2. The number of anilines is 1. The smallest absolute Gasteiger partial charge is 0.318 e. The summed E-state index contributed by atoms with van der Waals surface area (Å²) in [4.78, 5) is 16.7. The van der Waals surface area contributed by atoms with Crippen LogP contribution in [0.25, 0.3) is 0 Å². The van der Waals surface area contributed by atoms with Crippen molar-refractivity contribution in [1.29, 1.82) is 0 Å². The van der Waals surface area contributed by atoms with E-state index in [2.05, 4.69) is 29.4 Å². The Morgan fingerprint density at radius 2 is 1.96 bits per heavy atom. The van der Waals surface area contributed by atoms with Gasteiger partial charge in [0.1, 0.15) is 5.75 Å². The molecule has 126 valence electrons. The third-order valence-electron chi connectivity index (χ3n) is 4.47. The van der Waals surface area contributed by atoms with Crippen LogP contribution in [0.15, 0.2) is 48.5 Å². The van der Waals surface area contributed by atoms with Crippen LogP contribution in [0.4, 0.5) is 10.5 Å². The van der Waals surface area contributed by atoms with Gasteiger partial charge in [0.15, 0.2) is 0 Å². The number of nitrogens with zero attached hydrogens (tertiary/aromatic N) is 2. The number of urea groups is 1. The molecule has 0 aliphatic carbocycles. The lowest BCUT2D eigenvalue weighted by Crippen LogP contribution is -2.42. The first-order valence-electron chi connectivity index (χ1n) is 8.18. The summed E-state index contributed by atoms with van der Waals surface area (Å²) in [6.45, 7) is 3.98. The van der Waals surface area contributed by atoms with Gasteiger partial charge >= 0.3 is 6.03 Å². The molecule has 2 aromatic carbocycles. The SMILES string of the molecule is C[C@@H](NC(=O)N1CCN(C)c2ccccc2C1)c1cccc(O)c1. The van der Waals surface area contributed by atoms with Crippen molar-refractivity contribution in [3.05, 3.63) is 59.7 Å². The van der Waals surface area contributed by atoms with Crippen LogP contribution in [0, 0.1) is 0 Å². The maximum atomic E-state index is 12.7. The highest BCUT2D eigenvalue weighted by Gasteiger charge is 2.22. The number of phenols is 1. The molecule has 2 amide bonds. The Kier molecular flexibility index (Phi) is 4.60. The molecule has 0 unspecified atom stereocenters. The fourth-order valence-corrected chi connectivity index (χ4v) is 3.02. The Labute approximate surface area is 142 Å². The molecule has 0 saturated carbocycles. The maximum Gasteiger partial charge on any atom is 0.318 e. The summed E-state index contributed by atoms with van der Waals surface area (Å²) in [5.74, 6) is 0.207. The zero-order chi connectivity index (χ0) is 17.1. The van der Waals surface area contributed by atoms with Crippen molar-refractivity contribution in [2.75, 3.05) is 25.0 Å². The van der Waals surface area contributed by atoms with Gasteiger partial charge < -0.3 is 20.2 Å². The quantitative estimate of drug-likeness (QED) is 0.892. The molecule has 0 fully saturated rings. The van der Waals surface area contributed by atoms with Crippen molar-refractivity contribution >= 4 is 11.7 Å². The van der Waals surface area contributed by atoms with E-state index in [1.165, 1.54) is 5.69 Å². The monoisotopic (exact) mass is 325 g/mol. The third kappa shape index (κ3) is 3.45. The van der Waals surface area contributed by atoms with E-state index in [0.29, 0.717) is 13.1 Å². The molecular formula is C19H23N3O2. The van der Waals surface area contributed by atoms with Crippen LogP contribution in [-0.2, 0) is 6.54 Å². The summed E-state index contributed by atoms with van der Waals surface area (Å²) in [6, 6.07) is 14.9. The number of aromatic hydroxyl groups is 1. The molecule has 24 heavy (non-hydrogen) atoms. The topological polar surface area (TPSA) is 55.8 Å². The molecule has 2 aromatic rings. The van der Waals surface area contributed by atoms with Gasteiger partial charge in [-0.25, -0.2) is 4.79 Å². The van der Waals surface area contributed by atoms with E-state index < -0.39 is 0 Å². The second-order valence-corrected chi connectivity index (χ2v) is 6.24. The van der Waals surface area contributed by atoms with E-state index in [-0.39, 0.29) is 17.8 Å². The number of hydrogen-bond donors (Lipinski definition) is 2. The minimum atomic E-state index is -0.166. The molecule has 1 heterocycles. The maximum absolute atomic E-state index is 12.7. The molecule has 0 saturated heterocycles. The normalized spacial score (nSPS) is 15.4. The summed E-state index contributed by atoms with van der Waals surface area (Å²) in [6.07, 6.45) is 0. The number of fused-ring (bicyclic) bond motifs is 1. The Balaban J connectivity index is 1.71. The van der Waals surface area contributed by atoms with Crippen LogP contribution in [0.5, 0.6) is 5.75 Å². The Morgan fingerprint density at radius 3 is 2.75 bits per heavy atom. The number of carbonyl (C=O) groups excluding carboxylic acids is 1. The number of benzene rings is 2. The molecule has 0 spiro atoms. The van der Waals surface area contributed by atoms with Crippen molar-refractivity contribution in [1.82, 2.24) is 10.2 Å². The molecule has 3 rings (SSSR count). The lowest BCUT2D eigenvalue weighted by molar-refractivity contribution is 0.194. The lowest BCUT2D eigenvalue weighted by Gasteiger charge is -2.24. The van der Waals surface area contributed by atoms with Crippen LogP contribution in [-0.4, -0.2) is 36.2 Å². The standard InChI is InChI=1S/C19H23N3O2/c1-14(15-7-5-8-17(23)12-15)20-19(24)22-11-10-21(2)18-9-4-3-6-16(18)13-22/h3-9,12,14,23H,10-11,13H2,1-2H3,(H,20,24)/t14-/m1/s1. The molecule has 5 nitrogen and oxygen atoms in total. The van der Waals surface area contributed by atoms with E-state index in [4.69, 9.17) is 0 Å². The highest BCUT2D eigenvalue weighted by molar-refractivity contribution is 5.75. The van der Waals surface area contributed by atoms with Gasteiger partial charge in [-0.3, -0.25) is 0 Å². The fourth-order valence-electron chi connectivity index (χ4n) is 3.02. The van der Waals surface area contributed by atoms with E-state index in [1.807, 2.05) is 30.0 Å². The average Bonchev–Trinajstić information content (AvgIpc) is 2.74. The number of carbonyl (C=O) groups is 1. The van der Waals surface area contributed by atoms with Crippen LogP contribution >= 0.6 is 0 Å². The van der Waals surface area contributed by atoms with Crippen LogP contribution < -0.4 is 10.2 Å². The molecule has 1 aliphatic heterocycles. The Bertz CT molecular complexity index is 732. The number of nitrogens with one attached hydrogen (secondary N) is 1. The van der Waals surface area contributed by atoms with Gasteiger partial charge in [-0.05, 0) is 36.2 Å². The molecule has 0 aromatic heterocycles. The van der Waals surface area contributed by atoms with E-state index >= 15 is 0 Å². The third-order valence-corrected chi connectivity index (χ3v) is 4.47. The number of phenolic OH excluding ortho intramolecular Hbond substituents is 1. The number of likely N-dealkylation sites (N-methyl/N-ethyl adjacent to an activating group) is 1. The second kappa shape index (κ2) is 6.83. The van der Waals surface area contributed by atoms with Crippen LogP contribution in [0.3, 0.4) is 0 Å². The summed E-state index contributed by atoms with van der Waals surface area (Å²) in [5, 5.41) is 12.6. The zero-order valence-corrected chi connectivity index (χ0v) is 14.1. The molecule has 0 bridgehead atoms. The predicted molar refractivity (Wildman–Crippen MR) is 95.2 cm³/mol. The first-order valence-corrected chi connectivity index (χ1v) is 8.18. The zero-order valence-electron chi connectivity index (χ0n) is 14.1. The van der Waals surface area contributed by atoms with Crippen molar-refractivity contribution in [2.45, 2.75) is 19.5 Å². The van der Waals surface area contributed by atoms with Gasteiger partial charge in [0.25, 0.3) is 0 Å². The summed E-state index contributed by atoms with van der Waals surface area (Å²) in [5.41, 5.74) is 3.21. The highest BCUT2D eigenvalue weighted by Crippen LogP contribution is 2.24. The van der Waals surface area contributed by atoms with Crippen molar-refractivity contribution in [3.8, 4) is 5.75 Å². The Hall–Kier alpha value is -2.69. The van der Waals surface area contributed by atoms with E-state index in [1.54, 1.807) is 18.2 Å². The molecule has 5 heteroatoms. The average molecular weight is 325 g/mol. The Morgan fingerprint density at radius 1 is 1.17 bits per heavy atom. The minimum Gasteiger partial charge on any atom is -0.508 e. The molecule has 1 atom stereocenters. The van der Waals surface area contributed by atoms with Crippen molar-refractivity contribution < 1.29 is 9.90 Å². The fraction of sp³-hybridized carbons (Fsp3) is 0.316. The first-order chi connectivity index (χ1) is 11.5. The minimum absolute atomic E-state index is 0.0871. The van der Waals surface area contributed by atoms with Crippen molar-refractivity contribution in [2.24, 2.45) is 0 Å². The van der Waals surface area contributed by atoms with Gasteiger partial charge in [-0.1, -0.05) is 30.3 Å². The summed E-state index contributed by atoms with van der Waals surface area (Å²) < 4.78 is 0. The predicted octanol–water partition coefficient (Wildman–Crippen LogP) is 3.11. The largest absolute Gasteiger partial charge is 0.508 e. The van der Waals surface area contributed by atoms with Crippen LogP contribution in [0.2, 0.25) is 0 Å². The van der Waals surface area contributed by atoms with Crippen molar-refractivity contribution in [3.63, 3.8) is 0 Å². The number of amides is 2. The number of hydrogen-bond acceptors (Lipinski definition) is 3. The lowest BCUT2D eigenvalue weighted by atomic mass is 10.1. The summed E-state index contributed by atoms with van der Waals surface area (Å²) in [7, 11) is 2.05. The number of para-hydroxylation sites is 1. The van der Waals surface area contributed by atoms with Gasteiger partial charge in [0.05, 0.1) is 6.04 Å². The van der Waals surface area contributed by atoms with E-state index in [0.717, 1.165) is 17.7 Å². The molecule has 1 aliphatic rings. The molecule has 2 N–H and O–H groups in total. The van der Waals surface area contributed by atoms with E-state index in [9.17, 15) is 9.90 Å². The highest BCUT2D eigenvalue weighted by atomic mass is 16.3. The summed E-state index contributed by atoms with van der Waals surface area (Å²) >= 11 is 0. The van der Waals surface area contributed by atoms with Gasteiger partial charge in [-0.15, -0.1) is 0 Å². The van der Waals surface area contributed by atoms with Gasteiger partial charge in [0.2, 0.25) is 0 Å². The van der Waals surface area contributed by atoms with Gasteiger partial charge in [-0.2, -0.15) is 0 Å². The molecular weight excluding hydrogens is 302 g/mol.